The maximum Gasteiger partial charge on any atom is 0.119 e. The van der Waals surface area contributed by atoms with Gasteiger partial charge in [0.05, 0.1) is 19.8 Å². The molecule has 1 aromatic carbocycles. The number of rotatable bonds is 6. The lowest BCUT2D eigenvalue weighted by molar-refractivity contribution is 0.120. The molecule has 0 aliphatic rings. The third-order valence-electron chi connectivity index (χ3n) is 3.18. The highest BCUT2D eigenvalue weighted by Gasteiger charge is 2.12. The van der Waals surface area contributed by atoms with E-state index < -0.39 is 6.10 Å². The number of methoxy groups -OCH3 is 1. The molecule has 0 bridgehead atoms. The van der Waals surface area contributed by atoms with Crippen molar-refractivity contribution < 1.29 is 14.3 Å². The minimum Gasteiger partial charge on any atom is -0.497 e. The van der Waals surface area contributed by atoms with E-state index >= 15 is 0 Å². The average Bonchev–Trinajstić information content (AvgIpc) is 2.83. The zero-order valence-corrected chi connectivity index (χ0v) is 12.2. The Balaban J connectivity index is 1.94. The van der Waals surface area contributed by atoms with Crippen molar-refractivity contribution in [1.29, 1.82) is 0 Å². The van der Waals surface area contributed by atoms with Crippen LogP contribution >= 0.6 is 0 Å². The summed E-state index contributed by atoms with van der Waals surface area (Å²) in [6, 6.07) is 11.4. The minimum atomic E-state index is -0.550. The lowest BCUT2D eigenvalue weighted by Crippen LogP contribution is -2.24. The van der Waals surface area contributed by atoms with Gasteiger partial charge in [-0.05, 0) is 43.8 Å². The maximum atomic E-state index is 10.3. The van der Waals surface area contributed by atoms with Crippen molar-refractivity contribution in [2.24, 2.45) is 0 Å². The molecule has 108 valence electrons. The van der Waals surface area contributed by atoms with Gasteiger partial charge < -0.3 is 14.3 Å². The van der Waals surface area contributed by atoms with Crippen molar-refractivity contribution in [3.05, 3.63) is 53.5 Å². The van der Waals surface area contributed by atoms with Crippen LogP contribution in [-0.4, -0.2) is 30.7 Å². The quantitative estimate of drug-likeness (QED) is 0.880. The molecule has 1 N–H and O–H groups in total. The Morgan fingerprint density at radius 3 is 2.75 bits per heavy atom. The number of aryl methyl sites for hydroxylation is 1. The highest BCUT2D eigenvalue weighted by molar-refractivity contribution is 5.29. The molecule has 1 heterocycles. The predicted molar refractivity (Wildman–Crippen MR) is 77.7 cm³/mol. The molecule has 2 rings (SSSR count). The van der Waals surface area contributed by atoms with Crippen molar-refractivity contribution in [2.45, 2.75) is 19.6 Å². The van der Waals surface area contributed by atoms with E-state index in [1.165, 1.54) is 0 Å². The first kappa shape index (κ1) is 14.6. The number of benzene rings is 1. The van der Waals surface area contributed by atoms with Crippen molar-refractivity contribution >= 4 is 0 Å². The smallest absolute Gasteiger partial charge is 0.119 e. The Labute approximate surface area is 119 Å². The van der Waals surface area contributed by atoms with Crippen molar-refractivity contribution in [3.8, 4) is 5.75 Å². The first-order valence-corrected chi connectivity index (χ1v) is 6.64. The second kappa shape index (κ2) is 6.59. The standard InChI is InChI=1S/C16H21NO3/c1-12-7-8-15(20-12)10-17(2)11-16(18)13-5-4-6-14(9-13)19-3/h4-9,16,18H,10-11H2,1-3H3. The molecule has 0 aliphatic carbocycles. The van der Waals surface area contributed by atoms with E-state index in [9.17, 15) is 5.11 Å². The third kappa shape index (κ3) is 3.85. The molecular weight excluding hydrogens is 254 g/mol. The Kier molecular flexibility index (Phi) is 4.82. The molecule has 1 aromatic heterocycles. The monoisotopic (exact) mass is 275 g/mol. The summed E-state index contributed by atoms with van der Waals surface area (Å²) < 4.78 is 10.7. The van der Waals surface area contributed by atoms with Gasteiger partial charge in [0, 0.05) is 6.54 Å². The Hall–Kier alpha value is -1.78. The van der Waals surface area contributed by atoms with Gasteiger partial charge in [-0.15, -0.1) is 0 Å². The van der Waals surface area contributed by atoms with E-state index in [0.717, 1.165) is 22.8 Å². The topological polar surface area (TPSA) is 45.8 Å². The molecule has 0 saturated carbocycles. The van der Waals surface area contributed by atoms with Crippen molar-refractivity contribution in [3.63, 3.8) is 0 Å². The SMILES string of the molecule is COc1cccc(C(O)CN(C)Cc2ccc(C)o2)c1. The summed E-state index contributed by atoms with van der Waals surface area (Å²) in [5.41, 5.74) is 0.854. The van der Waals surface area contributed by atoms with Crippen LogP contribution in [-0.2, 0) is 6.54 Å². The number of likely N-dealkylation sites (N-methyl/N-ethyl adjacent to an activating group) is 1. The van der Waals surface area contributed by atoms with Crippen LogP contribution in [0.2, 0.25) is 0 Å². The normalized spacial score (nSPS) is 12.7. The lowest BCUT2D eigenvalue weighted by atomic mass is 10.1. The van der Waals surface area contributed by atoms with Crippen molar-refractivity contribution in [1.82, 2.24) is 4.90 Å². The fourth-order valence-corrected chi connectivity index (χ4v) is 2.15. The van der Waals surface area contributed by atoms with E-state index in [1.54, 1.807) is 7.11 Å². The first-order valence-electron chi connectivity index (χ1n) is 6.64. The van der Waals surface area contributed by atoms with Crippen LogP contribution in [0.4, 0.5) is 0 Å². The number of aliphatic hydroxyl groups excluding tert-OH is 1. The molecule has 0 spiro atoms. The Morgan fingerprint density at radius 2 is 2.10 bits per heavy atom. The number of hydrogen-bond acceptors (Lipinski definition) is 4. The molecule has 0 amide bonds. The number of nitrogens with zero attached hydrogens (tertiary/aromatic N) is 1. The fraction of sp³-hybridized carbons (Fsp3) is 0.375. The molecule has 20 heavy (non-hydrogen) atoms. The van der Waals surface area contributed by atoms with Crippen LogP contribution in [0.15, 0.2) is 40.8 Å². The van der Waals surface area contributed by atoms with Gasteiger partial charge in [0.2, 0.25) is 0 Å². The van der Waals surface area contributed by atoms with E-state index in [1.807, 2.05) is 55.3 Å². The fourth-order valence-electron chi connectivity index (χ4n) is 2.15. The van der Waals surface area contributed by atoms with Gasteiger partial charge in [0.15, 0.2) is 0 Å². The summed E-state index contributed by atoms with van der Waals surface area (Å²) in [4.78, 5) is 2.03. The zero-order valence-electron chi connectivity index (χ0n) is 12.2. The number of furan rings is 1. The predicted octanol–water partition coefficient (Wildman–Crippen LogP) is 2.76. The molecule has 4 nitrogen and oxygen atoms in total. The zero-order chi connectivity index (χ0) is 14.5. The average molecular weight is 275 g/mol. The van der Waals surface area contributed by atoms with Gasteiger partial charge in [-0.2, -0.15) is 0 Å². The van der Waals surface area contributed by atoms with Gasteiger partial charge in [-0.1, -0.05) is 12.1 Å². The van der Waals surface area contributed by atoms with E-state index in [-0.39, 0.29) is 0 Å². The number of hydrogen-bond donors (Lipinski definition) is 1. The molecule has 0 aliphatic heterocycles. The first-order chi connectivity index (χ1) is 9.58. The summed E-state index contributed by atoms with van der Waals surface area (Å²) in [7, 11) is 3.58. The third-order valence-corrected chi connectivity index (χ3v) is 3.18. The second-order valence-corrected chi connectivity index (χ2v) is 5.00. The summed E-state index contributed by atoms with van der Waals surface area (Å²) in [5, 5.41) is 10.3. The summed E-state index contributed by atoms with van der Waals surface area (Å²) in [6.45, 7) is 3.14. The van der Waals surface area contributed by atoms with Gasteiger partial charge in [-0.3, -0.25) is 4.90 Å². The van der Waals surface area contributed by atoms with Gasteiger partial charge in [-0.25, -0.2) is 0 Å². The van der Waals surface area contributed by atoms with Crippen LogP contribution in [0.25, 0.3) is 0 Å². The summed E-state index contributed by atoms with van der Waals surface area (Å²) >= 11 is 0. The molecule has 4 heteroatoms. The number of aliphatic hydroxyl groups is 1. The molecule has 0 radical (unpaired) electrons. The largest absolute Gasteiger partial charge is 0.497 e. The van der Waals surface area contributed by atoms with Gasteiger partial charge in [0.25, 0.3) is 0 Å². The molecular formula is C16H21NO3. The summed E-state index contributed by atoms with van der Waals surface area (Å²) in [5.74, 6) is 2.57. The lowest BCUT2D eigenvalue weighted by Gasteiger charge is -2.20. The second-order valence-electron chi connectivity index (χ2n) is 5.00. The highest BCUT2D eigenvalue weighted by Crippen LogP contribution is 2.20. The molecule has 0 fully saturated rings. The van der Waals surface area contributed by atoms with Crippen LogP contribution in [0.5, 0.6) is 5.75 Å². The van der Waals surface area contributed by atoms with Crippen molar-refractivity contribution in [2.75, 3.05) is 20.7 Å². The minimum absolute atomic E-state index is 0.535. The van der Waals surface area contributed by atoms with Gasteiger partial charge >= 0.3 is 0 Å². The summed E-state index contributed by atoms with van der Waals surface area (Å²) in [6.07, 6.45) is -0.550. The Morgan fingerprint density at radius 1 is 1.30 bits per heavy atom. The Bertz CT molecular complexity index is 550. The van der Waals surface area contributed by atoms with Crippen LogP contribution in [0.3, 0.4) is 0 Å². The van der Waals surface area contributed by atoms with Gasteiger partial charge in [0.1, 0.15) is 17.3 Å². The molecule has 0 saturated heterocycles. The van der Waals surface area contributed by atoms with Crippen LogP contribution in [0.1, 0.15) is 23.2 Å². The molecule has 1 unspecified atom stereocenters. The van der Waals surface area contributed by atoms with E-state index in [2.05, 4.69) is 0 Å². The van der Waals surface area contributed by atoms with Crippen LogP contribution < -0.4 is 4.74 Å². The maximum absolute atomic E-state index is 10.3. The number of ether oxygens (including phenoxy) is 1. The molecule has 1 atom stereocenters. The highest BCUT2D eigenvalue weighted by atomic mass is 16.5. The van der Waals surface area contributed by atoms with Crippen LogP contribution in [0, 0.1) is 6.92 Å². The van der Waals surface area contributed by atoms with E-state index in [4.69, 9.17) is 9.15 Å². The van der Waals surface area contributed by atoms with E-state index in [0.29, 0.717) is 13.1 Å². The molecule has 2 aromatic rings.